The van der Waals surface area contributed by atoms with Gasteiger partial charge < -0.3 is 28.8 Å². The Hall–Kier alpha value is -2.06. The van der Waals surface area contributed by atoms with Crippen molar-refractivity contribution >= 4 is 0 Å². The van der Waals surface area contributed by atoms with Gasteiger partial charge in [-0.25, -0.2) is 0 Å². The predicted octanol–water partition coefficient (Wildman–Crippen LogP) is 3.58. The van der Waals surface area contributed by atoms with Crippen LogP contribution in [0.25, 0.3) is 0 Å². The summed E-state index contributed by atoms with van der Waals surface area (Å²) >= 11 is 0. The molecule has 0 aromatic heterocycles. The summed E-state index contributed by atoms with van der Waals surface area (Å²) in [5.74, 6) is -0.841. The highest BCUT2D eigenvalue weighted by molar-refractivity contribution is 5.24. The maximum Gasteiger partial charge on any atom is 0.191 e. The first-order valence-electron chi connectivity index (χ1n) is 10.5. The van der Waals surface area contributed by atoms with Crippen molar-refractivity contribution in [2.45, 2.75) is 56.4 Å². The minimum atomic E-state index is -1.23. The molecular formula is C25H30O6. The van der Waals surface area contributed by atoms with E-state index in [1.54, 1.807) is 6.08 Å². The fraction of sp³-hybridized carbons (Fsp3) is 0.440. The van der Waals surface area contributed by atoms with E-state index in [0.29, 0.717) is 13.2 Å². The van der Waals surface area contributed by atoms with Crippen LogP contribution in [0.3, 0.4) is 0 Å². The van der Waals surface area contributed by atoms with Gasteiger partial charge in [-0.15, -0.1) is 6.58 Å². The monoisotopic (exact) mass is 426 g/mol. The molecule has 2 fully saturated rings. The summed E-state index contributed by atoms with van der Waals surface area (Å²) in [6, 6.07) is 19.6. The highest BCUT2D eigenvalue weighted by Gasteiger charge is 2.70. The number of benzene rings is 2. The van der Waals surface area contributed by atoms with Crippen LogP contribution in [0.15, 0.2) is 73.3 Å². The fourth-order valence-electron chi connectivity index (χ4n) is 4.29. The van der Waals surface area contributed by atoms with Crippen LogP contribution in [0, 0.1) is 0 Å². The molecule has 0 unspecified atom stereocenters. The Morgan fingerprint density at radius 2 is 1.55 bits per heavy atom. The lowest BCUT2D eigenvalue weighted by atomic mass is 9.81. The summed E-state index contributed by atoms with van der Waals surface area (Å²) in [5, 5.41) is 10.5. The molecule has 0 spiro atoms. The van der Waals surface area contributed by atoms with Crippen LogP contribution in [0.1, 0.15) is 25.0 Å². The minimum Gasteiger partial charge on any atom is -0.393 e. The number of ether oxygens (including phenoxy) is 5. The van der Waals surface area contributed by atoms with Crippen molar-refractivity contribution in [2.24, 2.45) is 0 Å². The van der Waals surface area contributed by atoms with Crippen LogP contribution < -0.4 is 0 Å². The minimum absolute atomic E-state index is 0.0827. The number of fused-ring (bicyclic) bond motifs is 1. The van der Waals surface area contributed by atoms with Crippen molar-refractivity contribution in [2.75, 3.05) is 13.2 Å². The number of hydrogen-bond donors (Lipinski definition) is 1. The second kappa shape index (κ2) is 8.82. The van der Waals surface area contributed by atoms with Crippen molar-refractivity contribution in [1.29, 1.82) is 0 Å². The van der Waals surface area contributed by atoms with Crippen LogP contribution in [-0.4, -0.2) is 47.7 Å². The van der Waals surface area contributed by atoms with E-state index in [1.807, 2.05) is 74.5 Å². The maximum absolute atomic E-state index is 10.5. The SMILES string of the molecule is C=C[C@]1(OCc2ccccc2)[C@H]2OC(C)(C)O[C@H]2O[C@]1(CO)COCc1ccccc1. The van der Waals surface area contributed by atoms with Crippen LogP contribution in [0.4, 0.5) is 0 Å². The molecule has 6 nitrogen and oxygen atoms in total. The normalized spacial score (nSPS) is 31.5. The van der Waals surface area contributed by atoms with Gasteiger partial charge in [0.05, 0.1) is 26.4 Å². The van der Waals surface area contributed by atoms with E-state index in [0.717, 1.165) is 11.1 Å². The van der Waals surface area contributed by atoms with E-state index in [4.69, 9.17) is 23.7 Å². The lowest BCUT2D eigenvalue weighted by molar-refractivity contribution is -0.277. The molecule has 6 heteroatoms. The molecule has 0 aliphatic carbocycles. The Bertz CT molecular complexity index is 870. The molecule has 2 saturated heterocycles. The first-order chi connectivity index (χ1) is 14.9. The highest BCUT2D eigenvalue weighted by Crippen LogP contribution is 2.51. The van der Waals surface area contributed by atoms with Gasteiger partial charge in [0.1, 0.15) is 6.10 Å². The van der Waals surface area contributed by atoms with Crippen molar-refractivity contribution in [1.82, 2.24) is 0 Å². The van der Waals surface area contributed by atoms with Gasteiger partial charge in [0.2, 0.25) is 0 Å². The van der Waals surface area contributed by atoms with Gasteiger partial charge in [-0.1, -0.05) is 66.7 Å². The Balaban J connectivity index is 1.60. The zero-order valence-corrected chi connectivity index (χ0v) is 18.0. The van der Waals surface area contributed by atoms with E-state index in [9.17, 15) is 5.11 Å². The van der Waals surface area contributed by atoms with Crippen molar-refractivity contribution in [3.8, 4) is 0 Å². The molecule has 0 amide bonds. The molecule has 0 bridgehead atoms. The van der Waals surface area contributed by atoms with Gasteiger partial charge >= 0.3 is 0 Å². The Kier molecular flexibility index (Phi) is 6.30. The third-order valence-electron chi connectivity index (χ3n) is 5.86. The van der Waals surface area contributed by atoms with E-state index >= 15 is 0 Å². The molecule has 2 aliphatic heterocycles. The quantitative estimate of drug-likeness (QED) is 0.619. The largest absolute Gasteiger partial charge is 0.393 e. The van der Waals surface area contributed by atoms with Crippen molar-refractivity contribution in [3.63, 3.8) is 0 Å². The molecule has 2 aromatic rings. The first-order valence-corrected chi connectivity index (χ1v) is 10.5. The fourth-order valence-corrected chi connectivity index (χ4v) is 4.29. The number of aliphatic hydroxyl groups excluding tert-OH is 1. The summed E-state index contributed by atoms with van der Waals surface area (Å²) in [5.41, 5.74) is -0.393. The zero-order chi connectivity index (χ0) is 22.0. The topological polar surface area (TPSA) is 66.4 Å². The Morgan fingerprint density at radius 1 is 0.935 bits per heavy atom. The third kappa shape index (κ3) is 4.20. The molecule has 166 valence electrons. The van der Waals surface area contributed by atoms with E-state index < -0.39 is 29.4 Å². The van der Waals surface area contributed by atoms with Gasteiger partial charge in [-0.05, 0) is 25.0 Å². The van der Waals surface area contributed by atoms with Gasteiger partial charge in [-0.3, -0.25) is 0 Å². The Labute approximate surface area is 183 Å². The Morgan fingerprint density at radius 3 is 2.13 bits per heavy atom. The number of aliphatic hydroxyl groups is 1. The van der Waals surface area contributed by atoms with E-state index in [2.05, 4.69) is 6.58 Å². The summed E-state index contributed by atoms with van der Waals surface area (Å²) in [4.78, 5) is 0. The molecule has 0 radical (unpaired) electrons. The van der Waals surface area contributed by atoms with Gasteiger partial charge in [0.25, 0.3) is 0 Å². The predicted molar refractivity (Wildman–Crippen MR) is 115 cm³/mol. The second-order valence-corrected chi connectivity index (χ2v) is 8.44. The lowest BCUT2D eigenvalue weighted by Crippen LogP contribution is -2.62. The number of rotatable bonds is 9. The summed E-state index contributed by atoms with van der Waals surface area (Å²) < 4.78 is 30.9. The van der Waals surface area contributed by atoms with Gasteiger partial charge in [-0.2, -0.15) is 0 Å². The van der Waals surface area contributed by atoms with E-state index in [-0.39, 0.29) is 13.2 Å². The molecule has 2 aromatic carbocycles. The molecule has 4 rings (SSSR count). The van der Waals surface area contributed by atoms with Gasteiger partial charge in [0.15, 0.2) is 23.3 Å². The summed E-state index contributed by atoms with van der Waals surface area (Å²) in [7, 11) is 0. The standard InChI is InChI=1S/C25H30O6/c1-4-25(28-16-20-13-9-6-10-14-20)21-22(30-23(2,3)29-21)31-24(25,17-26)18-27-15-19-11-7-5-8-12-19/h4-14,21-22,26H,1,15-18H2,2-3H3/t21-,22-,24+,25-/m0/s1. The van der Waals surface area contributed by atoms with Gasteiger partial charge in [0, 0.05) is 0 Å². The average molecular weight is 427 g/mol. The summed E-state index contributed by atoms with van der Waals surface area (Å²) in [6.45, 7) is 8.10. The molecule has 2 aliphatic rings. The van der Waals surface area contributed by atoms with Crippen LogP contribution >= 0.6 is 0 Å². The van der Waals surface area contributed by atoms with Crippen LogP contribution in [-0.2, 0) is 36.9 Å². The third-order valence-corrected chi connectivity index (χ3v) is 5.86. The molecule has 4 atom stereocenters. The van der Waals surface area contributed by atoms with Crippen molar-refractivity contribution < 1.29 is 28.8 Å². The zero-order valence-electron chi connectivity index (χ0n) is 18.0. The van der Waals surface area contributed by atoms with Crippen LogP contribution in [0.2, 0.25) is 0 Å². The second-order valence-electron chi connectivity index (χ2n) is 8.44. The van der Waals surface area contributed by atoms with E-state index in [1.165, 1.54) is 0 Å². The average Bonchev–Trinajstić information content (AvgIpc) is 3.21. The lowest BCUT2D eigenvalue weighted by Gasteiger charge is -2.43. The molecule has 2 heterocycles. The highest BCUT2D eigenvalue weighted by atomic mass is 16.9. The van der Waals surface area contributed by atoms with Crippen molar-refractivity contribution in [3.05, 3.63) is 84.4 Å². The first kappa shape index (κ1) is 22.1. The van der Waals surface area contributed by atoms with Crippen LogP contribution in [0.5, 0.6) is 0 Å². The molecule has 1 N–H and O–H groups in total. The molecular weight excluding hydrogens is 396 g/mol. The molecule has 31 heavy (non-hydrogen) atoms. The maximum atomic E-state index is 10.5. The summed E-state index contributed by atoms with van der Waals surface area (Å²) in [6.07, 6.45) is 0.348. The number of hydrogen-bond acceptors (Lipinski definition) is 6. The smallest absolute Gasteiger partial charge is 0.191 e. The molecule has 0 saturated carbocycles.